The zero-order valence-corrected chi connectivity index (χ0v) is 14.6. The lowest BCUT2D eigenvalue weighted by molar-refractivity contribution is 0.0730. The van der Waals surface area contributed by atoms with Gasteiger partial charge in [-0.15, -0.1) is 0 Å². The number of ether oxygens (including phenoxy) is 1. The van der Waals surface area contributed by atoms with E-state index in [0.717, 1.165) is 0 Å². The number of sulfonamides is 1. The van der Waals surface area contributed by atoms with Crippen molar-refractivity contribution in [1.29, 1.82) is 0 Å². The maximum absolute atomic E-state index is 12.5. The van der Waals surface area contributed by atoms with Crippen molar-refractivity contribution in [2.24, 2.45) is 5.92 Å². The molecule has 1 N–H and O–H groups in total. The minimum atomic E-state index is -3.52. The van der Waals surface area contributed by atoms with E-state index in [2.05, 4.69) is 5.32 Å². The zero-order chi connectivity index (χ0) is 17.0. The van der Waals surface area contributed by atoms with Crippen LogP contribution in [0.2, 0.25) is 0 Å². The van der Waals surface area contributed by atoms with Gasteiger partial charge in [0.2, 0.25) is 10.0 Å². The number of nitrogens with zero attached hydrogens (tertiary/aromatic N) is 1. The average Bonchev–Trinajstić information content (AvgIpc) is 2.55. The van der Waals surface area contributed by atoms with E-state index in [1.807, 2.05) is 20.8 Å². The monoisotopic (exact) mass is 340 g/mol. The zero-order valence-electron chi connectivity index (χ0n) is 13.8. The van der Waals surface area contributed by atoms with Crippen LogP contribution in [0.1, 0.15) is 31.1 Å². The van der Waals surface area contributed by atoms with Crippen molar-refractivity contribution in [3.05, 3.63) is 29.8 Å². The molecule has 1 amide bonds. The summed E-state index contributed by atoms with van der Waals surface area (Å²) in [7, 11) is -3.52. The van der Waals surface area contributed by atoms with Crippen molar-refractivity contribution < 1.29 is 17.9 Å². The number of morpholine rings is 1. The van der Waals surface area contributed by atoms with Gasteiger partial charge in [0.15, 0.2) is 0 Å². The lowest BCUT2D eigenvalue weighted by Gasteiger charge is -2.26. The molecule has 1 unspecified atom stereocenters. The first kappa shape index (κ1) is 17.9. The molecule has 2 rings (SSSR count). The molecule has 1 aromatic carbocycles. The summed E-state index contributed by atoms with van der Waals surface area (Å²) >= 11 is 0. The molecule has 6 nitrogen and oxygen atoms in total. The van der Waals surface area contributed by atoms with Gasteiger partial charge in [-0.3, -0.25) is 4.79 Å². The van der Waals surface area contributed by atoms with Gasteiger partial charge in [-0.2, -0.15) is 4.31 Å². The Bertz CT molecular complexity index is 635. The molecule has 7 heteroatoms. The van der Waals surface area contributed by atoms with E-state index in [9.17, 15) is 13.2 Å². The van der Waals surface area contributed by atoms with Crippen LogP contribution in [0.25, 0.3) is 0 Å². The van der Waals surface area contributed by atoms with Crippen molar-refractivity contribution in [3.63, 3.8) is 0 Å². The number of carbonyl (C=O) groups excluding carboxylic acids is 1. The molecule has 1 aromatic rings. The second-order valence-electron chi connectivity index (χ2n) is 6.05. The summed E-state index contributed by atoms with van der Waals surface area (Å²) in [6.07, 6.45) is 0. The molecule has 0 spiro atoms. The van der Waals surface area contributed by atoms with E-state index in [-0.39, 0.29) is 16.8 Å². The van der Waals surface area contributed by atoms with Gasteiger partial charge in [0.25, 0.3) is 5.91 Å². The normalized spacial score (nSPS) is 17.9. The molecule has 1 aliphatic heterocycles. The standard InChI is InChI=1S/C16H24N2O4S/c1-12(2)13(3)17-16(19)14-4-6-15(7-5-14)23(20,21)18-8-10-22-11-9-18/h4-7,12-13H,8-11H2,1-3H3,(H,17,19). The van der Waals surface area contributed by atoms with Gasteiger partial charge < -0.3 is 10.1 Å². The van der Waals surface area contributed by atoms with Gasteiger partial charge in [-0.25, -0.2) is 8.42 Å². The van der Waals surface area contributed by atoms with Crippen molar-refractivity contribution in [3.8, 4) is 0 Å². The average molecular weight is 340 g/mol. The highest BCUT2D eigenvalue weighted by Gasteiger charge is 2.26. The molecule has 0 aliphatic carbocycles. The molecule has 1 heterocycles. The Balaban J connectivity index is 2.11. The summed E-state index contributed by atoms with van der Waals surface area (Å²) in [4.78, 5) is 12.3. The molecule has 1 aliphatic rings. The summed E-state index contributed by atoms with van der Waals surface area (Å²) in [5, 5.41) is 2.90. The highest BCUT2D eigenvalue weighted by molar-refractivity contribution is 7.89. The fourth-order valence-electron chi connectivity index (χ4n) is 2.17. The number of benzene rings is 1. The van der Waals surface area contributed by atoms with Gasteiger partial charge >= 0.3 is 0 Å². The van der Waals surface area contributed by atoms with Gasteiger partial charge in [0, 0.05) is 24.7 Å². The molecular weight excluding hydrogens is 316 g/mol. The maximum Gasteiger partial charge on any atom is 0.251 e. The molecule has 0 radical (unpaired) electrons. The number of rotatable bonds is 5. The smallest absolute Gasteiger partial charge is 0.251 e. The van der Waals surface area contributed by atoms with Gasteiger partial charge in [0.1, 0.15) is 0 Å². The van der Waals surface area contributed by atoms with Crippen LogP contribution >= 0.6 is 0 Å². The predicted molar refractivity (Wildman–Crippen MR) is 87.8 cm³/mol. The number of nitrogens with one attached hydrogen (secondary N) is 1. The largest absolute Gasteiger partial charge is 0.379 e. The minimum Gasteiger partial charge on any atom is -0.379 e. The highest BCUT2D eigenvalue weighted by atomic mass is 32.2. The van der Waals surface area contributed by atoms with Crippen molar-refractivity contribution in [1.82, 2.24) is 9.62 Å². The van der Waals surface area contributed by atoms with E-state index >= 15 is 0 Å². The first-order valence-electron chi connectivity index (χ1n) is 7.81. The van der Waals surface area contributed by atoms with E-state index < -0.39 is 10.0 Å². The first-order valence-corrected chi connectivity index (χ1v) is 9.25. The number of hydrogen-bond acceptors (Lipinski definition) is 4. The summed E-state index contributed by atoms with van der Waals surface area (Å²) < 4.78 is 31.6. The van der Waals surface area contributed by atoms with Crippen LogP contribution < -0.4 is 5.32 Å². The second-order valence-corrected chi connectivity index (χ2v) is 7.98. The first-order chi connectivity index (χ1) is 10.8. The van der Waals surface area contributed by atoms with E-state index in [0.29, 0.717) is 37.8 Å². The SMILES string of the molecule is CC(C)C(C)NC(=O)c1ccc(S(=O)(=O)N2CCOCC2)cc1. The Labute approximate surface area is 137 Å². The quantitative estimate of drug-likeness (QED) is 0.881. The number of carbonyl (C=O) groups is 1. The molecule has 128 valence electrons. The molecule has 1 atom stereocenters. The molecular formula is C16H24N2O4S. The van der Waals surface area contributed by atoms with Gasteiger partial charge in [-0.05, 0) is 37.1 Å². The summed E-state index contributed by atoms with van der Waals surface area (Å²) in [5.41, 5.74) is 0.457. The predicted octanol–water partition coefficient (Wildman–Crippen LogP) is 1.48. The summed E-state index contributed by atoms with van der Waals surface area (Å²) in [6.45, 7) is 7.54. The Morgan fingerprint density at radius 2 is 1.70 bits per heavy atom. The van der Waals surface area contributed by atoms with Crippen LogP contribution in [0, 0.1) is 5.92 Å². The lowest BCUT2D eigenvalue weighted by Crippen LogP contribution is -2.40. The van der Waals surface area contributed by atoms with Crippen LogP contribution in [0.3, 0.4) is 0 Å². The van der Waals surface area contributed by atoms with E-state index in [4.69, 9.17) is 4.74 Å². The molecule has 23 heavy (non-hydrogen) atoms. The molecule has 0 aromatic heterocycles. The molecule has 0 bridgehead atoms. The third kappa shape index (κ3) is 4.31. The Morgan fingerprint density at radius 3 is 2.22 bits per heavy atom. The minimum absolute atomic E-state index is 0.0549. The van der Waals surface area contributed by atoms with Gasteiger partial charge in [-0.1, -0.05) is 13.8 Å². The van der Waals surface area contributed by atoms with Crippen LogP contribution in [0.4, 0.5) is 0 Å². The van der Waals surface area contributed by atoms with Gasteiger partial charge in [0.05, 0.1) is 18.1 Å². The third-order valence-corrected chi connectivity index (χ3v) is 6.00. The Kier molecular flexibility index (Phi) is 5.78. The fraction of sp³-hybridized carbons (Fsp3) is 0.562. The molecule has 0 saturated carbocycles. The maximum atomic E-state index is 12.5. The fourth-order valence-corrected chi connectivity index (χ4v) is 3.58. The molecule has 1 saturated heterocycles. The van der Waals surface area contributed by atoms with Crippen molar-refractivity contribution in [2.45, 2.75) is 31.7 Å². The molecule has 1 fully saturated rings. The number of hydrogen-bond donors (Lipinski definition) is 1. The van der Waals surface area contributed by atoms with E-state index in [1.165, 1.54) is 16.4 Å². The highest BCUT2D eigenvalue weighted by Crippen LogP contribution is 2.18. The number of amides is 1. The Hall–Kier alpha value is -1.44. The van der Waals surface area contributed by atoms with E-state index in [1.54, 1.807) is 12.1 Å². The Morgan fingerprint density at radius 1 is 1.13 bits per heavy atom. The topological polar surface area (TPSA) is 75.7 Å². The lowest BCUT2D eigenvalue weighted by atomic mass is 10.1. The van der Waals surface area contributed by atoms with Crippen LogP contribution in [0.15, 0.2) is 29.2 Å². The van der Waals surface area contributed by atoms with Crippen LogP contribution in [0.5, 0.6) is 0 Å². The van der Waals surface area contributed by atoms with Crippen molar-refractivity contribution in [2.75, 3.05) is 26.3 Å². The van der Waals surface area contributed by atoms with Crippen LogP contribution in [-0.2, 0) is 14.8 Å². The summed E-state index contributed by atoms with van der Waals surface area (Å²) in [5.74, 6) is 0.140. The third-order valence-electron chi connectivity index (χ3n) is 4.08. The second kappa shape index (κ2) is 7.42. The van der Waals surface area contributed by atoms with Crippen LogP contribution in [-0.4, -0.2) is 51.0 Å². The summed E-state index contributed by atoms with van der Waals surface area (Å²) in [6, 6.07) is 6.13. The van der Waals surface area contributed by atoms with Crippen molar-refractivity contribution >= 4 is 15.9 Å².